The third-order valence-electron chi connectivity index (χ3n) is 3.77. The molecule has 2 amide bonds. The third kappa shape index (κ3) is 3.90. The van der Waals surface area contributed by atoms with Gasteiger partial charge in [0.15, 0.2) is 0 Å². The van der Waals surface area contributed by atoms with Gasteiger partial charge in [-0.25, -0.2) is 4.79 Å². The van der Waals surface area contributed by atoms with Gasteiger partial charge in [0.25, 0.3) is 0 Å². The molecule has 0 aliphatic rings. The van der Waals surface area contributed by atoms with Crippen LogP contribution in [0.3, 0.4) is 0 Å². The second-order valence-corrected chi connectivity index (χ2v) is 5.48. The van der Waals surface area contributed by atoms with Gasteiger partial charge in [-0.05, 0) is 42.3 Å². The quantitative estimate of drug-likeness (QED) is 0.528. The van der Waals surface area contributed by atoms with Crippen molar-refractivity contribution < 1.29 is 4.79 Å². The minimum atomic E-state index is -0.547. The molecule has 0 atom stereocenters. The molecule has 2 aromatic carbocycles. The van der Waals surface area contributed by atoms with E-state index in [1.54, 1.807) is 0 Å². The maximum atomic E-state index is 10.9. The Morgan fingerprint density at radius 3 is 2.87 bits per heavy atom. The van der Waals surface area contributed by atoms with Crippen LogP contribution < -0.4 is 16.4 Å². The molecule has 0 aliphatic heterocycles. The lowest BCUT2D eigenvalue weighted by Gasteiger charge is -2.07. The van der Waals surface area contributed by atoms with E-state index in [9.17, 15) is 4.79 Å². The molecule has 118 valence electrons. The van der Waals surface area contributed by atoms with Crippen molar-refractivity contribution in [2.45, 2.75) is 13.0 Å². The van der Waals surface area contributed by atoms with Crippen molar-refractivity contribution in [3.63, 3.8) is 0 Å². The number of carbonyl (C=O) groups is 1. The summed E-state index contributed by atoms with van der Waals surface area (Å²) in [7, 11) is 0. The van der Waals surface area contributed by atoms with Gasteiger partial charge in [-0.1, -0.05) is 30.3 Å². The first-order valence-corrected chi connectivity index (χ1v) is 7.63. The Morgan fingerprint density at radius 2 is 2.00 bits per heavy atom. The van der Waals surface area contributed by atoms with Crippen LogP contribution in [-0.2, 0) is 13.0 Å². The van der Waals surface area contributed by atoms with Gasteiger partial charge in [0.1, 0.15) is 0 Å². The molecule has 0 saturated heterocycles. The molecule has 1 aromatic heterocycles. The molecule has 0 saturated carbocycles. The number of fused-ring (bicyclic) bond motifs is 1. The van der Waals surface area contributed by atoms with Gasteiger partial charge in [0, 0.05) is 29.3 Å². The number of amides is 2. The van der Waals surface area contributed by atoms with Gasteiger partial charge in [0.2, 0.25) is 0 Å². The van der Waals surface area contributed by atoms with Gasteiger partial charge >= 0.3 is 6.03 Å². The molecular formula is C18H20N4O. The summed E-state index contributed by atoms with van der Waals surface area (Å²) in [6, 6.07) is 15.4. The fourth-order valence-corrected chi connectivity index (χ4v) is 2.70. The summed E-state index contributed by atoms with van der Waals surface area (Å²) < 4.78 is 0. The highest BCUT2D eigenvalue weighted by atomic mass is 16.2. The van der Waals surface area contributed by atoms with Crippen LogP contribution in [0.15, 0.2) is 54.7 Å². The van der Waals surface area contributed by atoms with E-state index in [4.69, 9.17) is 5.73 Å². The zero-order valence-corrected chi connectivity index (χ0v) is 12.8. The number of para-hydroxylation sites is 1. The zero-order valence-electron chi connectivity index (χ0n) is 12.8. The first kappa shape index (κ1) is 15.1. The molecule has 3 rings (SSSR count). The van der Waals surface area contributed by atoms with Gasteiger partial charge in [0.05, 0.1) is 0 Å². The number of benzene rings is 2. The number of carbonyl (C=O) groups excluding carboxylic acids is 1. The number of aromatic nitrogens is 1. The molecule has 3 aromatic rings. The minimum Gasteiger partial charge on any atom is -0.361 e. The standard InChI is InChI=1S/C18H20N4O/c19-18(23)22-15-5-3-4-13(10-15)11-20-9-8-14-12-21-17-7-2-1-6-16(14)17/h1-7,10,12,20-21H,8-9,11H2,(H3,19,22,23). The molecule has 0 fully saturated rings. The number of nitrogens with two attached hydrogens (primary N) is 1. The average Bonchev–Trinajstić information content (AvgIpc) is 2.95. The Labute approximate surface area is 134 Å². The van der Waals surface area contributed by atoms with Crippen molar-refractivity contribution in [3.05, 3.63) is 65.9 Å². The lowest BCUT2D eigenvalue weighted by atomic mass is 10.1. The lowest BCUT2D eigenvalue weighted by molar-refractivity contribution is 0.259. The number of nitrogens with one attached hydrogen (secondary N) is 3. The van der Waals surface area contributed by atoms with Gasteiger partial charge < -0.3 is 21.4 Å². The van der Waals surface area contributed by atoms with Crippen molar-refractivity contribution in [3.8, 4) is 0 Å². The van der Waals surface area contributed by atoms with E-state index < -0.39 is 6.03 Å². The number of H-pyrrole nitrogens is 1. The Morgan fingerprint density at radius 1 is 1.13 bits per heavy atom. The van der Waals surface area contributed by atoms with E-state index in [0.717, 1.165) is 25.1 Å². The Hall–Kier alpha value is -2.79. The van der Waals surface area contributed by atoms with Crippen LogP contribution in [0.5, 0.6) is 0 Å². The molecule has 5 heteroatoms. The highest BCUT2D eigenvalue weighted by Gasteiger charge is 2.02. The number of rotatable bonds is 6. The average molecular weight is 308 g/mol. The SMILES string of the molecule is NC(=O)Nc1cccc(CNCCc2c[nH]c3ccccc23)c1. The Bertz CT molecular complexity index is 809. The molecule has 23 heavy (non-hydrogen) atoms. The van der Waals surface area contributed by atoms with Crippen molar-refractivity contribution in [1.29, 1.82) is 0 Å². The van der Waals surface area contributed by atoms with Crippen LogP contribution in [0.4, 0.5) is 10.5 Å². The second-order valence-electron chi connectivity index (χ2n) is 5.48. The van der Waals surface area contributed by atoms with Gasteiger partial charge in [-0.15, -0.1) is 0 Å². The van der Waals surface area contributed by atoms with Crippen LogP contribution in [0.1, 0.15) is 11.1 Å². The summed E-state index contributed by atoms with van der Waals surface area (Å²) in [6.07, 6.45) is 3.03. The smallest absolute Gasteiger partial charge is 0.316 e. The van der Waals surface area contributed by atoms with Crippen molar-refractivity contribution in [2.24, 2.45) is 5.73 Å². The lowest BCUT2D eigenvalue weighted by Crippen LogP contribution is -2.20. The molecule has 0 aliphatic carbocycles. The largest absolute Gasteiger partial charge is 0.361 e. The van der Waals surface area contributed by atoms with Crippen molar-refractivity contribution in [1.82, 2.24) is 10.3 Å². The van der Waals surface area contributed by atoms with Crippen LogP contribution in [0.2, 0.25) is 0 Å². The predicted octanol–water partition coefficient (Wildman–Crippen LogP) is 2.99. The molecule has 0 radical (unpaired) electrons. The van der Waals surface area contributed by atoms with Crippen molar-refractivity contribution in [2.75, 3.05) is 11.9 Å². The highest BCUT2D eigenvalue weighted by molar-refractivity contribution is 5.87. The normalized spacial score (nSPS) is 10.8. The Kier molecular flexibility index (Phi) is 4.59. The summed E-state index contributed by atoms with van der Waals surface area (Å²) >= 11 is 0. The molecule has 0 spiro atoms. The summed E-state index contributed by atoms with van der Waals surface area (Å²) in [5, 5.41) is 7.29. The van der Waals surface area contributed by atoms with E-state index in [2.05, 4.69) is 40.0 Å². The van der Waals surface area contributed by atoms with E-state index in [1.165, 1.54) is 16.5 Å². The number of primary amides is 1. The number of hydrogen-bond acceptors (Lipinski definition) is 2. The summed E-state index contributed by atoms with van der Waals surface area (Å²) in [4.78, 5) is 14.2. The van der Waals surface area contributed by atoms with Crippen LogP contribution in [0, 0.1) is 0 Å². The molecule has 5 N–H and O–H groups in total. The monoisotopic (exact) mass is 308 g/mol. The predicted molar refractivity (Wildman–Crippen MR) is 93.4 cm³/mol. The summed E-state index contributed by atoms with van der Waals surface area (Å²) in [5.74, 6) is 0. The van der Waals surface area contributed by atoms with E-state index >= 15 is 0 Å². The second kappa shape index (κ2) is 6.98. The molecule has 5 nitrogen and oxygen atoms in total. The van der Waals surface area contributed by atoms with Gasteiger partial charge in [-0.3, -0.25) is 0 Å². The third-order valence-corrected chi connectivity index (χ3v) is 3.77. The summed E-state index contributed by atoms with van der Waals surface area (Å²) in [6.45, 7) is 1.63. The first-order chi connectivity index (χ1) is 11.2. The van der Waals surface area contributed by atoms with Crippen LogP contribution >= 0.6 is 0 Å². The topological polar surface area (TPSA) is 82.9 Å². The maximum Gasteiger partial charge on any atom is 0.316 e. The Balaban J connectivity index is 1.53. The zero-order chi connectivity index (χ0) is 16.1. The van der Waals surface area contributed by atoms with Gasteiger partial charge in [-0.2, -0.15) is 0 Å². The number of aromatic amines is 1. The van der Waals surface area contributed by atoms with E-state index in [-0.39, 0.29) is 0 Å². The number of urea groups is 1. The maximum absolute atomic E-state index is 10.9. The highest BCUT2D eigenvalue weighted by Crippen LogP contribution is 2.17. The fraction of sp³-hybridized carbons (Fsp3) is 0.167. The van der Waals surface area contributed by atoms with Crippen LogP contribution in [-0.4, -0.2) is 17.6 Å². The molecule has 0 bridgehead atoms. The summed E-state index contributed by atoms with van der Waals surface area (Å²) in [5.41, 5.74) is 9.44. The molecule has 0 unspecified atom stereocenters. The molecular weight excluding hydrogens is 288 g/mol. The number of hydrogen-bond donors (Lipinski definition) is 4. The van der Waals surface area contributed by atoms with E-state index in [1.807, 2.05) is 30.3 Å². The van der Waals surface area contributed by atoms with E-state index in [0.29, 0.717) is 5.69 Å². The number of anilines is 1. The van der Waals surface area contributed by atoms with Crippen molar-refractivity contribution >= 4 is 22.6 Å². The molecule has 1 heterocycles. The first-order valence-electron chi connectivity index (χ1n) is 7.63. The van der Waals surface area contributed by atoms with Crippen LogP contribution in [0.25, 0.3) is 10.9 Å². The fourth-order valence-electron chi connectivity index (χ4n) is 2.70. The minimum absolute atomic E-state index is 0.547.